The van der Waals surface area contributed by atoms with Gasteiger partial charge in [0.05, 0.1) is 11.4 Å². The highest BCUT2D eigenvalue weighted by molar-refractivity contribution is 8.18. The van der Waals surface area contributed by atoms with Gasteiger partial charge >= 0.3 is 0 Å². The minimum atomic E-state index is -0.329. The Bertz CT molecular complexity index is 1150. The summed E-state index contributed by atoms with van der Waals surface area (Å²) in [6.07, 6.45) is 1.67. The van der Waals surface area contributed by atoms with Crippen molar-refractivity contribution in [2.75, 3.05) is 0 Å². The Morgan fingerprint density at radius 1 is 0.968 bits per heavy atom. The molecule has 0 unspecified atom stereocenters. The molecule has 31 heavy (non-hydrogen) atoms. The lowest BCUT2D eigenvalue weighted by molar-refractivity contribution is -0.123. The molecule has 3 aromatic carbocycles. The molecular weight excluding hydrogens is 437 g/mol. The number of thioether (sulfide) groups is 1. The first-order valence-electron chi connectivity index (χ1n) is 9.46. The van der Waals surface area contributed by atoms with Crippen molar-refractivity contribution in [2.45, 2.75) is 13.2 Å². The molecule has 1 fully saturated rings. The first-order valence-corrected chi connectivity index (χ1v) is 10.6. The van der Waals surface area contributed by atoms with Crippen LogP contribution in [0.4, 0.5) is 9.18 Å². The molecule has 0 radical (unpaired) electrons. The van der Waals surface area contributed by atoms with E-state index in [4.69, 9.17) is 16.3 Å². The number of halogens is 2. The first kappa shape index (κ1) is 21.2. The number of hydrogen-bond donors (Lipinski definition) is 0. The van der Waals surface area contributed by atoms with Crippen LogP contribution in [-0.4, -0.2) is 16.0 Å². The molecular formula is C24H17ClFNO3S. The van der Waals surface area contributed by atoms with Crippen LogP contribution in [0.15, 0.2) is 77.7 Å². The van der Waals surface area contributed by atoms with Crippen LogP contribution >= 0.6 is 23.4 Å². The van der Waals surface area contributed by atoms with Gasteiger partial charge in [0.15, 0.2) is 0 Å². The van der Waals surface area contributed by atoms with Gasteiger partial charge < -0.3 is 4.74 Å². The second-order valence-corrected chi connectivity index (χ2v) is 8.27. The minimum Gasteiger partial charge on any atom is -0.489 e. The van der Waals surface area contributed by atoms with Crippen molar-refractivity contribution >= 4 is 40.6 Å². The molecule has 4 nitrogen and oxygen atoms in total. The number of ether oxygens (including phenoxy) is 1. The maximum absolute atomic E-state index is 13.7. The Balaban J connectivity index is 1.41. The molecule has 0 atom stereocenters. The van der Waals surface area contributed by atoms with E-state index in [0.29, 0.717) is 21.2 Å². The standard InChI is InChI=1S/C24H17ClFNO3S/c25-19-9-5-17(6-10-19)14-27-23(28)22(31-24(27)29)13-16-7-11-20(12-8-16)30-15-18-3-1-2-4-21(18)26/h1-13H,14-15H2. The number of carbonyl (C=O) groups excluding carboxylic acids is 2. The summed E-state index contributed by atoms with van der Waals surface area (Å²) in [5, 5.41) is 0.287. The monoisotopic (exact) mass is 453 g/mol. The minimum absolute atomic E-state index is 0.121. The zero-order chi connectivity index (χ0) is 21.8. The van der Waals surface area contributed by atoms with Crippen molar-refractivity contribution in [3.8, 4) is 5.75 Å². The highest BCUT2D eigenvalue weighted by Gasteiger charge is 2.34. The van der Waals surface area contributed by atoms with Crippen LogP contribution in [-0.2, 0) is 17.9 Å². The Hall–Kier alpha value is -3.09. The number of rotatable bonds is 6. The summed E-state index contributed by atoms with van der Waals surface area (Å²) in [7, 11) is 0. The summed E-state index contributed by atoms with van der Waals surface area (Å²) < 4.78 is 19.3. The second-order valence-electron chi connectivity index (χ2n) is 6.84. The first-order chi connectivity index (χ1) is 15.0. The fourth-order valence-corrected chi connectivity index (χ4v) is 3.96. The lowest BCUT2D eigenvalue weighted by Gasteiger charge is -2.12. The largest absolute Gasteiger partial charge is 0.489 e. The Labute approximate surface area is 188 Å². The molecule has 1 aliphatic heterocycles. The number of imide groups is 1. The van der Waals surface area contributed by atoms with E-state index >= 15 is 0 Å². The molecule has 2 amide bonds. The van der Waals surface area contributed by atoms with Crippen LogP contribution in [0.5, 0.6) is 5.75 Å². The van der Waals surface area contributed by atoms with Gasteiger partial charge in [0, 0.05) is 10.6 Å². The number of amides is 2. The smallest absolute Gasteiger partial charge is 0.293 e. The van der Waals surface area contributed by atoms with Crippen molar-refractivity contribution in [1.82, 2.24) is 4.90 Å². The number of carbonyl (C=O) groups is 2. The molecule has 0 spiro atoms. The summed E-state index contributed by atoms with van der Waals surface area (Å²) in [4.78, 5) is 26.6. The Morgan fingerprint density at radius 2 is 1.68 bits per heavy atom. The molecule has 156 valence electrons. The number of benzene rings is 3. The predicted octanol–water partition coefficient (Wildman–Crippen LogP) is 6.29. The zero-order valence-corrected chi connectivity index (χ0v) is 17.8. The Morgan fingerprint density at radius 3 is 2.39 bits per heavy atom. The van der Waals surface area contributed by atoms with E-state index in [-0.39, 0.29) is 30.1 Å². The fraction of sp³-hybridized carbons (Fsp3) is 0.0833. The zero-order valence-electron chi connectivity index (χ0n) is 16.3. The van der Waals surface area contributed by atoms with Gasteiger partial charge in [-0.25, -0.2) is 4.39 Å². The highest BCUT2D eigenvalue weighted by Crippen LogP contribution is 2.33. The Kier molecular flexibility index (Phi) is 6.39. The number of nitrogens with zero attached hydrogens (tertiary/aromatic N) is 1. The molecule has 1 aliphatic rings. The molecule has 0 aromatic heterocycles. The van der Waals surface area contributed by atoms with Crippen molar-refractivity contribution in [3.63, 3.8) is 0 Å². The van der Waals surface area contributed by atoms with Crippen LogP contribution in [0.3, 0.4) is 0 Å². The summed E-state index contributed by atoms with van der Waals surface area (Å²) >= 11 is 6.79. The molecule has 7 heteroatoms. The van der Waals surface area contributed by atoms with Crippen LogP contribution in [0.25, 0.3) is 6.08 Å². The molecule has 0 bridgehead atoms. The SMILES string of the molecule is O=C1SC(=Cc2ccc(OCc3ccccc3F)cc2)C(=O)N1Cc1ccc(Cl)cc1. The van der Waals surface area contributed by atoms with Gasteiger partial charge in [0.1, 0.15) is 18.2 Å². The summed E-state index contributed by atoms with van der Waals surface area (Å²) in [6.45, 7) is 0.317. The van der Waals surface area contributed by atoms with Gasteiger partial charge in [-0.15, -0.1) is 0 Å². The van der Waals surface area contributed by atoms with Crippen molar-refractivity contribution in [2.24, 2.45) is 0 Å². The van der Waals surface area contributed by atoms with E-state index in [1.165, 1.54) is 11.0 Å². The van der Waals surface area contributed by atoms with Gasteiger partial charge in [-0.3, -0.25) is 14.5 Å². The molecule has 0 saturated carbocycles. The molecule has 1 saturated heterocycles. The van der Waals surface area contributed by atoms with E-state index in [2.05, 4.69) is 0 Å². The number of hydrogen-bond acceptors (Lipinski definition) is 4. The van der Waals surface area contributed by atoms with Crippen LogP contribution in [0, 0.1) is 5.82 Å². The average molecular weight is 454 g/mol. The van der Waals surface area contributed by atoms with Crippen LogP contribution in [0.2, 0.25) is 5.02 Å². The third kappa shape index (κ3) is 5.16. The maximum Gasteiger partial charge on any atom is 0.293 e. The lowest BCUT2D eigenvalue weighted by Crippen LogP contribution is -2.27. The van der Waals surface area contributed by atoms with Gasteiger partial charge in [0.25, 0.3) is 11.1 Å². The van der Waals surface area contributed by atoms with Gasteiger partial charge in [-0.1, -0.05) is 54.1 Å². The molecule has 3 aromatic rings. The van der Waals surface area contributed by atoms with Crippen LogP contribution < -0.4 is 4.74 Å². The molecule has 1 heterocycles. The van der Waals surface area contributed by atoms with Gasteiger partial charge in [0.2, 0.25) is 0 Å². The second kappa shape index (κ2) is 9.37. The van der Waals surface area contributed by atoms with Crippen molar-refractivity contribution < 1.29 is 18.7 Å². The van der Waals surface area contributed by atoms with E-state index in [1.807, 2.05) is 0 Å². The van der Waals surface area contributed by atoms with E-state index in [9.17, 15) is 14.0 Å². The third-order valence-electron chi connectivity index (χ3n) is 4.66. The van der Waals surface area contributed by atoms with Crippen molar-refractivity contribution in [1.29, 1.82) is 0 Å². The normalized spacial score (nSPS) is 15.0. The van der Waals surface area contributed by atoms with Gasteiger partial charge in [-0.05, 0) is 59.3 Å². The lowest BCUT2D eigenvalue weighted by atomic mass is 10.2. The van der Waals surface area contributed by atoms with E-state index in [1.54, 1.807) is 72.8 Å². The quantitative estimate of drug-likeness (QED) is 0.411. The topological polar surface area (TPSA) is 46.6 Å². The van der Waals surface area contributed by atoms with Gasteiger partial charge in [-0.2, -0.15) is 0 Å². The van der Waals surface area contributed by atoms with Crippen molar-refractivity contribution in [3.05, 3.63) is 105 Å². The van der Waals surface area contributed by atoms with Crippen LogP contribution in [0.1, 0.15) is 16.7 Å². The molecule has 0 aliphatic carbocycles. The van der Waals surface area contributed by atoms with E-state index < -0.39 is 0 Å². The maximum atomic E-state index is 13.7. The predicted molar refractivity (Wildman–Crippen MR) is 120 cm³/mol. The van der Waals surface area contributed by atoms with E-state index in [0.717, 1.165) is 22.9 Å². The highest BCUT2D eigenvalue weighted by atomic mass is 35.5. The molecule has 4 rings (SSSR count). The fourth-order valence-electron chi connectivity index (χ4n) is 3.00. The summed E-state index contributed by atoms with van der Waals surface area (Å²) in [5.74, 6) is -0.0606. The third-order valence-corrected chi connectivity index (χ3v) is 5.82. The summed E-state index contributed by atoms with van der Waals surface area (Å²) in [5.41, 5.74) is 2.06. The molecule has 0 N–H and O–H groups in total. The summed E-state index contributed by atoms with van der Waals surface area (Å²) in [6, 6.07) is 20.5. The average Bonchev–Trinajstić information content (AvgIpc) is 3.03.